The van der Waals surface area contributed by atoms with Crippen molar-refractivity contribution in [1.82, 2.24) is 5.32 Å². The van der Waals surface area contributed by atoms with Gasteiger partial charge < -0.3 is 10.1 Å². The van der Waals surface area contributed by atoms with E-state index in [9.17, 15) is 4.39 Å². The van der Waals surface area contributed by atoms with Crippen molar-refractivity contribution in [3.8, 4) is 5.75 Å². The molecule has 1 aliphatic heterocycles. The molecule has 2 aromatic carbocycles. The third-order valence-electron chi connectivity index (χ3n) is 4.51. The van der Waals surface area contributed by atoms with Gasteiger partial charge in [0, 0.05) is 18.0 Å². The Bertz CT molecular complexity index is 664. The van der Waals surface area contributed by atoms with Gasteiger partial charge in [-0.05, 0) is 47.4 Å². The highest BCUT2D eigenvalue weighted by atomic mass is 19.1. The zero-order valence-electron chi connectivity index (χ0n) is 13.3. The van der Waals surface area contributed by atoms with Gasteiger partial charge in [-0.15, -0.1) is 0 Å². The summed E-state index contributed by atoms with van der Waals surface area (Å²) in [7, 11) is 1.70. The van der Waals surface area contributed by atoms with Crippen LogP contribution in [0.5, 0.6) is 5.75 Å². The first kappa shape index (κ1) is 15.0. The maximum absolute atomic E-state index is 13.1. The number of halogens is 1. The van der Waals surface area contributed by atoms with Crippen molar-refractivity contribution in [3.63, 3.8) is 0 Å². The SMILES string of the molecule is COc1ccc2c(c1)C(C)(C)CNC2Cc1ccc(F)cc1. The smallest absolute Gasteiger partial charge is 0.123 e. The summed E-state index contributed by atoms with van der Waals surface area (Å²) in [6.45, 7) is 5.40. The lowest BCUT2D eigenvalue weighted by Gasteiger charge is -2.38. The van der Waals surface area contributed by atoms with E-state index in [2.05, 4.69) is 31.3 Å². The average Bonchev–Trinajstić information content (AvgIpc) is 2.52. The Kier molecular flexibility index (Phi) is 3.92. The molecule has 0 aliphatic carbocycles. The minimum absolute atomic E-state index is 0.0726. The van der Waals surface area contributed by atoms with E-state index in [1.165, 1.54) is 23.3 Å². The zero-order valence-corrected chi connectivity index (χ0v) is 13.3. The van der Waals surface area contributed by atoms with Gasteiger partial charge in [-0.25, -0.2) is 4.39 Å². The standard InChI is InChI=1S/C19H22FNO/c1-19(2)12-21-18(10-13-4-6-14(20)7-5-13)16-9-8-15(22-3)11-17(16)19/h4-9,11,18,21H,10,12H2,1-3H3. The normalized spacial score (nSPS) is 19.5. The number of hydrogen-bond acceptors (Lipinski definition) is 2. The number of rotatable bonds is 3. The van der Waals surface area contributed by atoms with Crippen LogP contribution in [0.15, 0.2) is 42.5 Å². The van der Waals surface area contributed by atoms with Crippen molar-refractivity contribution in [1.29, 1.82) is 0 Å². The number of nitrogens with one attached hydrogen (secondary N) is 1. The first-order valence-corrected chi connectivity index (χ1v) is 7.66. The molecule has 22 heavy (non-hydrogen) atoms. The molecule has 1 atom stereocenters. The summed E-state index contributed by atoms with van der Waals surface area (Å²) in [5, 5.41) is 3.63. The Morgan fingerprint density at radius 1 is 1.18 bits per heavy atom. The van der Waals surface area contributed by atoms with Gasteiger partial charge in [0.05, 0.1) is 7.11 Å². The fourth-order valence-corrected chi connectivity index (χ4v) is 3.17. The molecule has 3 rings (SSSR count). The van der Waals surface area contributed by atoms with Crippen molar-refractivity contribution in [2.24, 2.45) is 0 Å². The van der Waals surface area contributed by atoms with Crippen LogP contribution in [0.2, 0.25) is 0 Å². The Labute approximate surface area is 131 Å². The van der Waals surface area contributed by atoms with Gasteiger partial charge in [0.2, 0.25) is 0 Å². The third-order valence-corrected chi connectivity index (χ3v) is 4.51. The van der Waals surface area contributed by atoms with Gasteiger partial charge >= 0.3 is 0 Å². The molecule has 2 aromatic rings. The van der Waals surface area contributed by atoms with Gasteiger partial charge in [0.25, 0.3) is 0 Å². The Morgan fingerprint density at radius 2 is 1.91 bits per heavy atom. The summed E-state index contributed by atoms with van der Waals surface area (Å²) < 4.78 is 18.4. The molecule has 0 saturated carbocycles. The molecule has 0 saturated heterocycles. The fraction of sp³-hybridized carbons (Fsp3) is 0.368. The number of methoxy groups -OCH3 is 1. The molecular weight excluding hydrogens is 277 g/mol. The van der Waals surface area contributed by atoms with Gasteiger partial charge in [-0.2, -0.15) is 0 Å². The average molecular weight is 299 g/mol. The van der Waals surface area contributed by atoms with Crippen LogP contribution < -0.4 is 10.1 Å². The Balaban J connectivity index is 1.93. The molecule has 2 nitrogen and oxygen atoms in total. The predicted molar refractivity (Wildman–Crippen MR) is 86.9 cm³/mol. The highest BCUT2D eigenvalue weighted by Crippen LogP contribution is 2.37. The Hall–Kier alpha value is -1.87. The van der Waals surface area contributed by atoms with E-state index < -0.39 is 0 Å². The van der Waals surface area contributed by atoms with E-state index in [0.717, 1.165) is 24.3 Å². The minimum Gasteiger partial charge on any atom is -0.497 e. The molecule has 0 radical (unpaired) electrons. The summed E-state index contributed by atoms with van der Waals surface area (Å²) in [5.41, 5.74) is 3.85. The van der Waals surface area contributed by atoms with Gasteiger partial charge in [-0.1, -0.05) is 32.0 Å². The number of benzene rings is 2. The molecule has 3 heteroatoms. The molecule has 1 unspecified atom stereocenters. The quantitative estimate of drug-likeness (QED) is 0.925. The minimum atomic E-state index is -0.188. The lowest BCUT2D eigenvalue weighted by molar-refractivity contribution is 0.372. The lowest BCUT2D eigenvalue weighted by Crippen LogP contribution is -2.42. The summed E-state index contributed by atoms with van der Waals surface area (Å²) >= 11 is 0. The highest BCUT2D eigenvalue weighted by molar-refractivity contribution is 5.44. The molecule has 0 bridgehead atoms. The summed E-state index contributed by atoms with van der Waals surface area (Å²) in [6.07, 6.45) is 0.857. The van der Waals surface area contributed by atoms with Crippen molar-refractivity contribution in [2.45, 2.75) is 31.7 Å². The van der Waals surface area contributed by atoms with Crippen LogP contribution in [-0.4, -0.2) is 13.7 Å². The summed E-state index contributed by atoms with van der Waals surface area (Å²) in [6, 6.07) is 13.3. The Morgan fingerprint density at radius 3 is 2.59 bits per heavy atom. The molecule has 0 aromatic heterocycles. The van der Waals surface area contributed by atoms with Crippen LogP contribution in [0.3, 0.4) is 0 Å². The van der Waals surface area contributed by atoms with Crippen LogP contribution in [0.25, 0.3) is 0 Å². The van der Waals surface area contributed by atoms with Crippen LogP contribution in [0, 0.1) is 5.82 Å². The maximum Gasteiger partial charge on any atom is 0.123 e. The van der Waals surface area contributed by atoms with E-state index in [4.69, 9.17) is 4.74 Å². The van der Waals surface area contributed by atoms with Crippen molar-refractivity contribution in [2.75, 3.05) is 13.7 Å². The molecule has 1 heterocycles. The molecule has 0 amide bonds. The van der Waals surface area contributed by atoms with Crippen molar-refractivity contribution in [3.05, 3.63) is 65.0 Å². The second-order valence-electron chi connectivity index (χ2n) is 6.60. The van der Waals surface area contributed by atoms with E-state index >= 15 is 0 Å². The maximum atomic E-state index is 13.1. The van der Waals surface area contributed by atoms with Crippen LogP contribution in [0.4, 0.5) is 4.39 Å². The lowest BCUT2D eigenvalue weighted by atomic mass is 9.75. The van der Waals surface area contributed by atoms with Gasteiger partial charge in [0.1, 0.15) is 11.6 Å². The predicted octanol–water partition coefficient (Wildman–Crippen LogP) is 4.00. The fourth-order valence-electron chi connectivity index (χ4n) is 3.17. The van der Waals surface area contributed by atoms with E-state index in [1.807, 2.05) is 18.2 Å². The van der Waals surface area contributed by atoms with Gasteiger partial charge in [0.15, 0.2) is 0 Å². The van der Waals surface area contributed by atoms with Crippen LogP contribution in [0.1, 0.15) is 36.6 Å². The molecular formula is C19H22FNO. The monoisotopic (exact) mass is 299 g/mol. The van der Waals surface area contributed by atoms with Crippen LogP contribution in [-0.2, 0) is 11.8 Å². The number of ether oxygens (including phenoxy) is 1. The molecule has 0 fully saturated rings. The molecule has 1 N–H and O–H groups in total. The summed E-state index contributed by atoms with van der Waals surface area (Å²) in [4.78, 5) is 0. The van der Waals surface area contributed by atoms with Crippen molar-refractivity contribution < 1.29 is 9.13 Å². The first-order chi connectivity index (χ1) is 10.5. The van der Waals surface area contributed by atoms with Crippen molar-refractivity contribution >= 4 is 0 Å². The largest absolute Gasteiger partial charge is 0.497 e. The van der Waals surface area contributed by atoms with Gasteiger partial charge in [-0.3, -0.25) is 0 Å². The first-order valence-electron chi connectivity index (χ1n) is 7.66. The van der Waals surface area contributed by atoms with E-state index in [-0.39, 0.29) is 17.3 Å². The second-order valence-corrected chi connectivity index (χ2v) is 6.60. The van der Waals surface area contributed by atoms with Crippen LogP contribution >= 0.6 is 0 Å². The third kappa shape index (κ3) is 2.86. The molecule has 0 spiro atoms. The topological polar surface area (TPSA) is 21.3 Å². The second kappa shape index (κ2) is 5.73. The zero-order chi connectivity index (χ0) is 15.7. The number of fused-ring (bicyclic) bond motifs is 1. The number of hydrogen-bond donors (Lipinski definition) is 1. The van der Waals surface area contributed by atoms with E-state index in [0.29, 0.717) is 0 Å². The molecule has 116 valence electrons. The molecule has 1 aliphatic rings. The highest BCUT2D eigenvalue weighted by Gasteiger charge is 2.32. The summed E-state index contributed by atoms with van der Waals surface area (Å²) in [5.74, 6) is 0.709. The van der Waals surface area contributed by atoms with E-state index in [1.54, 1.807) is 7.11 Å².